The van der Waals surface area contributed by atoms with Crippen molar-refractivity contribution in [3.8, 4) is 0 Å². The number of rotatable bonds is 4. The molecule has 0 N–H and O–H groups in total. The Bertz CT molecular complexity index is 536. The molecule has 106 valence electrons. The molecule has 0 amide bonds. The van der Waals surface area contributed by atoms with Crippen LogP contribution in [-0.4, -0.2) is 29.5 Å². The van der Waals surface area contributed by atoms with Gasteiger partial charge < -0.3 is 9.47 Å². The maximum Gasteiger partial charge on any atom is 0.171 e. The van der Waals surface area contributed by atoms with Crippen LogP contribution in [0.25, 0.3) is 0 Å². The predicted molar refractivity (Wildman–Crippen MR) is 78.7 cm³/mol. The molecule has 0 aromatic heterocycles. The van der Waals surface area contributed by atoms with Gasteiger partial charge in [-0.3, -0.25) is 4.79 Å². The molecule has 1 aromatic rings. The van der Waals surface area contributed by atoms with E-state index >= 15 is 0 Å². The zero-order valence-electron chi connectivity index (χ0n) is 11.7. The minimum Gasteiger partial charge on any atom is -0.344 e. The zero-order chi connectivity index (χ0) is 14.2. The van der Waals surface area contributed by atoms with Gasteiger partial charge in [0.2, 0.25) is 0 Å². The lowest BCUT2D eigenvalue weighted by Crippen LogP contribution is -2.25. The lowest BCUT2D eigenvalue weighted by atomic mass is 10.1. The second-order valence-corrected chi connectivity index (χ2v) is 6.56. The highest BCUT2D eigenvalue weighted by Crippen LogP contribution is 2.38. The third-order valence-corrected chi connectivity index (χ3v) is 4.51. The number of hydrogen-bond acceptors (Lipinski definition) is 4. The summed E-state index contributed by atoms with van der Waals surface area (Å²) in [6.07, 6.45) is 2.56. The lowest BCUT2D eigenvalue weighted by Gasteiger charge is -2.18. The van der Waals surface area contributed by atoms with Crippen LogP contribution in [0.2, 0.25) is 0 Å². The number of carbonyl (C=O) groups is 1. The SMILES string of the molecule is CC1(C)OC2CC=C(C(=O)CSc3ccccc3)C2O1. The Balaban J connectivity index is 1.61. The lowest BCUT2D eigenvalue weighted by molar-refractivity contribution is -0.145. The van der Waals surface area contributed by atoms with E-state index in [1.165, 1.54) is 0 Å². The molecule has 0 bridgehead atoms. The molecule has 20 heavy (non-hydrogen) atoms. The first-order valence-corrected chi connectivity index (χ1v) is 7.80. The summed E-state index contributed by atoms with van der Waals surface area (Å²) in [4.78, 5) is 13.5. The fourth-order valence-corrected chi connectivity index (χ4v) is 3.47. The number of benzene rings is 1. The summed E-state index contributed by atoms with van der Waals surface area (Å²) >= 11 is 1.56. The van der Waals surface area contributed by atoms with Gasteiger partial charge in [0.25, 0.3) is 0 Å². The zero-order valence-corrected chi connectivity index (χ0v) is 12.5. The van der Waals surface area contributed by atoms with Gasteiger partial charge in [0.1, 0.15) is 6.10 Å². The van der Waals surface area contributed by atoms with Crippen molar-refractivity contribution in [1.82, 2.24) is 0 Å². The largest absolute Gasteiger partial charge is 0.344 e. The van der Waals surface area contributed by atoms with Crippen molar-refractivity contribution in [2.45, 2.75) is 43.2 Å². The van der Waals surface area contributed by atoms with Crippen LogP contribution in [-0.2, 0) is 14.3 Å². The van der Waals surface area contributed by atoms with Crippen molar-refractivity contribution in [3.05, 3.63) is 42.0 Å². The van der Waals surface area contributed by atoms with Crippen LogP contribution in [0.1, 0.15) is 20.3 Å². The highest BCUT2D eigenvalue weighted by Gasteiger charge is 2.46. The highest BCUT2D eigenvalue weighted by atomic mass is 32.2. The van der Waals surface area contributed by atoms with Crippen molar-refractivity contribution < 1.29 is 14.3 Å². The Morgan fingerprint density at radius 1 is 1.30 bits per heavy atom. The monoisotopic (exact) mass is 290 g/mol. The second kappa shape index (κ2) is 5.35. The van der Waals surface area contributed by atoms with Gasteiger partial charge in [0.15, 0.2) is 11.6 Å². The third kappa shape index (κ3) is 2.82. The van der Waals surface area contributed by atoms with Crippen LogP contribution in [0.3, 0.4) is 0 Å². The summed E-state index contributed by atoms with van der Waals surface area (Å²) in [7, 11) is 0. The first-order valence-electron chi connectivity index (χ1n) is 6.82. The molecule has 0 spiro atoms. The van der Waals surface area contributed by atoms with E-state index in [0.29, 0.717) is 5.75 Å². The summed E-state index contributed by atoms with van der Waals surface area (Å²) < 4.78 is 11.6. The van der Waals surface area contributed by atoms with E-state index in [9.17, 15) is 4.79 Å². The van der Waals surface area contributed by atoms with Crippen molar-refractivity contribution in [2.75, 3.05) is 5.75 Å². The summed E-state index contributed by atoms with van der Waals surface area (Å²) in [6, 6.07) is 9.97. The van der Waals surface area contributed by atoms with Crippen molar-refractivity contribution in [2.24, 2.45) is 0 Å². The molecular formula is C16H18O3S. The summed E-state index contributed by atoms with van der Waals surface area (Å²) in [5, 5.41) is 0. The quantitative estimate of drug-likeness (QED) is 0.798. The van der Waals surface area contributed by atoms with Gasteiger partial charge in [-0.25, -0.2) is 0 Å². The van der Waals surface area contributed by atoms with E-state index in [1.807, 2.05) is 50.3 Å². The van der Waals surface area contributed by atoms with E-state index < -0.39 is 5.79 Å². The average molecular weight is 290 g/mol. The van der Waals surface area contributed by atoms with Crippen LogP contribution in [0, 0.1) is 0 Å². The molecule has 2 aliphatic rings. The highest BCUT2D eigenvalue weighted by molar-refractivity contribution is 8.00. The van der Waals surface area contributed by atoms with E-state index in [2.05, 4.69) is 0 Å². The number of hydrogen-bond donors (Lipinski definition) is 0. The number of fused-ring (bicyclic) bond motifs is 1. The number of ketones is 1. The molecule has 1 aliphatic heterocycles. The minimum absolute atomic E-state index is 0.00525. The van der Waals surface area contributed by atoms with E-state index in [-0.39, 0.29) is 18.0 Å². The predicted octanol–water partition coefficient (Wildman–Crippen LogP) is 3.20. The van der Waals surface area contributed by atoms with Crippen molar-refractivity contribution in [3.63, 3.8) is 0 Å². The van der Waals surface area contributed by atoms with E-state index in [1.54, 1.807) is 11.8 Å². The van der Waals surface area contributed by atoms with Gasteiger partial charge in [-0.15, -0.1) is 11.8 Å². The van der Waals surface area contributed by atoms with Gasteiger partial charge in [0.05, 0.1) is 11.9 Å². The summed E-state index contributed by atoms with van der Waals surface area (Å²) in [6.45, 7) is 3.79. The molecule has 3 rings (SSSR count). The molecule has 3 nitrogen and oxygen atoms in total. The smallest absolute Gasteiger partial charge is 0.171 e. The molecule has 2 atom stereocenters. The second-order valence-electron chi connectivity index (χ2n) is 5.51. The standard InChI is InChI=1S/C16H18O3S/c1-16(2)18-14-9-8-12(15(14)19-16)13(17)10-20-11-6-4-3-5-7-11/h3-8,14-15H,9-10H2,1-2H3. The molecule has 0 radical (unpaired) electrons. The third-order valence-electron chi connectivity index (χ3n) is 3.50. The molecule has 1 saturated heterocycles. The van der Waals surface area contributed by atoms with Crippen LogP contribution < -0.4 is 0 Å². The fourth-order valence-electron chi connectivity index (χ4n) is 2.65. The topological polar surface area (TPSA) is 35.5 Å². The molecular weight excluding hydrogens is 272 g/mol. The van der Waals surface area contributed by atoms with E-state index in [4.69, 9.17) is 9.47 Å². The van der Waals surface area contributed by atoms with Crippen LogP contribution in [0.15, 0.2) is 46.9 Å². The van der Waals surface area contributed by atoms with Crippen LogP contribution in [0.5, 0.6) is 0 Å². The maximum atomic E-state index is 12.3. The molecule has 1 aromatic carbocycles. The average Bonchev–Trinajstić information content (AvgIpc) is 2.92. The number of ether oxygens (including phenoxy) is 2. The van der Waals surface area contributed by atoms with Crippen molar-refractivity contribution >= 4 is 17.5 Å². The molecule has 2 unspecified atom stereocenters. The minimum atomic E-state index is -0.582. The first kappa shape index (κ1) is 13.9. The Hall–Kier alpha value is -1.10. The molecule has 1 heterocycles. The first-order chi connectivity index (χ1) is 9.55. The number of carbonyl (C=O) groups excluding carboxylic acids is 1. The summed E-state index contributed by atoms with van der Waals surface area (Å²) in [5.41, 5.74) is 0.781. The normalized spacial score (nSPS) is 27.2. The Kier molecular flexibility index (Phi) is 3.71. The molecule has 1 aliphatic carbocycles. The Morgan fingerprint density at radius 3 is 2.80 bits per heavy atom. The molecule has 0 saturated carbocycles. The van der Waals surface area contributed by atoms with Gasteiger partial charge in [-0.05, 0) is 32.4 Å². The van der Waals surface area contributed by atoms with E-state index in [0.717, 1.165) is 16.9 Å². The van der Waals surface area contributed by atoms with Crippen LogP contribution in [0.4, 0.5) is 0 Å². The van der Waals surface area contributed by atoms with Crippen molar-refractivity contribution in [1.29, 1.82) is 0 Å². The van der Waals surface area contributed by atoms with Gasteiger partial charge >= 0.3 is 0 Å². The Morgan fingerprint density at radius 2 is 2.05 bits per heavy atom. The summed E-state index contributed by atoms with van der Waals surface area (Å²) in [5.74, 6) is 0.0116. The Labute approximate surface area is 123 Å². The number of Topliss-reactive ketones (excluding diaryl/α,β-unsaturated/α-hetero) is 1. The maximum absolute atomic E-state index is 12.3. The van der Waals surface area contributed by atoms with Gasteiger partial charge in [-0.2, -0.15) is 0 Å². The van der Waals surface area contributed by atoms with Crippen LogP contribution >= 0.6 is 11.8 Å². The van der Waals surface area contributed by atoms with Gasteiger partial charge in [0, 0.05) is 10.5 Å². The molecule has 4 heteroatoms. The fraction of sp³-hybridized carbons (Fsp3) is 0.438. The number of thioether (sulfide) groups is 1. The van der Waals surface area contributed by atoms with Gasteiger partial charge in [-0.1, -0.05) is 24.3 Å². The molecule has 1 fully saturated rings.